The van der Waals surface area contributed by atoms with Crippen LogP contribution in [0, 0.1) is 17.6 Å². The Balaban J connectivity index is 2.13. The summed E-state index contributed by atoms with van der Waals surface area (Å²) in [5, 5.41) is 0. The van der Waals surface area contributed by atoms with Crippen molar-refractivity contribution in [1.29, 1.82) is 0 Å². The Hall–Kier alpha value is -1.58. The van der Waals surface area contributed by atoms with E-state index >= 15 is 0 Å². The summed E-state index contributed by atoms with van der Waals surface area (Å²) >= 11 is 0. The van der Waals surface area contributed by atoms with E-state index in [1.54, 1.807) is 0 Å². The first-order valence-electron chi connectivity index (χ1n) is 6.64. The van der Waals surface area contributed by atoms with Crippen LogP contribution >= 0.6 is 0 Å². The van der Waals surface area contributed by atoms with Crippen LogP contribution in [0.5, 0.6) is 0 Å². The standard InChI is InChI=1S/C13H16F2N2O4S/c1-21-16-13(18)9-4-6-17(7-5-9)22(19,20)12-8-10(14)2-3-11(12)15/h2-3,8-9H,4-7H2,1H3,(H,16,18). The molecule has 0 radical (unpaired) electrons. The monoisotopic (exact) mass is 334 g/mol. The van der Waals surface area contributed by atoms with Gasteiger partial charge in [0.25, 0.3) is 0 Å². The van der Waals surface area contributed by atoms with Gasteiger partial charge in [0.15, 0.2) is 0 Å². The predicted octanol–water partition coefficient (Wildman–Crippen LogP) is 1.04. The van der Waals surface area contributed by atoms with Crippen LogP contribution in [0.25, 0.3) is 0 Å². The van der Waals surface area contributed by atoms with Crippen molar-refractivity contribution in [1.82, 2.24) is 9.79 Å². The molecule has 0 unspecified atom stereocenters. The highest BCUT2D eigenvalue weighted by Crippen LogP contribution is 2.26. The second-order valence-electron chi connectivity index (χ2n) is 4.92. The summed E-state index contributed by atoms with van der Waals surface area (Å²) in [4.78, 5) is 15.4. The lowest BCUT2D eigenvalue weighted by Gasteiger charge is -2.30. The normalized spacial score (nSPS) is 17.4. The van der Waals surface area contributed by atoms with Gasteiger partial charge in [0.05, 0.1) is 7.11 Å². The van der Waals surface area contributed by atoms with Crippen LogP contribution in [0.2, 0.25) is 0 Å². The van der Waals surface area contributed by atoms with E-state index in [1.807, 2.05) is 0 Å². The molecule has 1 saturated heterocycles. The van der Waals surface area contributed by atoms with Crippen molar-refractivity contribution in [2.45, 2.75) is 17.7 Å². The molecule has 122 valence electrons. The maximum atomic E-state index is 13.7. The molecule has 1 amide bonds. The molecule has 0 spiro atoms. The first kappa shape index (κ1) is 16.8. The summed E-state index contributed by atoms with van der Waals surface area (Å²) in [6, 6.07) is 2.30. The molecule has 1 aromatic carbocycles. The molecule has 0 bridgehead atoms. The average Bonchev–Trinajstić information content (AvgIpc) is 2.50. The van der Waals surface area contributed by atoms with E-state index in [1.165, 1.54) is 7.11 Å². The van der Waals surface area contributed by atoms with Gasteiger partial charge in [-0.3, -0.25) is 9.63 Å². The number of nitrogens with one attached hydrogen (secondary N) is 1. The van der Waals surface area contributed by atoms with Crippen LogP contribution in [0.4, 0.5) is 8.78 Å². The van der Waals surface area contributed by atoms with Gasteiger partial charge in [-0.15, -0.1) is 0 Å². The van der Waals surface area contributed by atoms with Gasteiger partial charge in [0, 0.05) is 19.0 Å². The highest BCUT2D eigenvalue weighted by molar-refractivity contribution is 7.89. The molecule has 1 aliphatic heterocycles. The first-order valence-corrected chi connectivity index (χ1v) is 8.08. The molecule has 9 heteroatoms. The Morgan fingerprint density at radius 1 is 1.32 bits per heavy atom. The molecule has 1 heterocycles. The minimum atomic E-state index is -4.12. The van der Waals surface area contributed by atoms with Crippen molar-refractivity contribution in [2.75, 3.05) is 20.2 Å². The second kappa shape index (κ2) is 6.67. The largest absolute Gasteiger partial charge is 0.277 e. The third-order valence-electron chi connectivity index (χ3n) is 3.54. The zero-order valence-electron chi connectivity index (χ0n) is 11.9. The summed E-state index contributed by atoms with van der Waals surface area (Å²) in [6.45, 7) is 0.111. The topological polar surface area (TPSA) is 75.7 Å². The molecule has 2 rings (SSSR count). The van der Waals surface area contributed by atoms with Gasteiger partial charge in [-0.1, -0.05) is 0 Å². The smallest absolute Gasteiger partial charge is 0.246 e. The molecule has 0 saturated carbocycles. The molecule has 1 N–H and O–H groups in total. The molecule has 1 aliphatic rings. The summed E-state index contributed by atoms with van der Waals surface area (Å²) < 4.78 is 52.6. The fraction of sp³-hybridized carbons (Fsp3) is 0.462. The summed E-state index contributed by atoms with van der Waals surface area (Å²) in [5.74, 6) is -2.52. The van der Waals surface area contributed by atoms with Gasteiger partial charge in [-0.05, 0) is 31.0 Å². The van der Waals surface area contributed by atoms with Gasteiger partial charge in [-0.25, -0.2) is 22.7 Å². The number of amides is 1. The first-order chi connectivity index (χ1) is 10.4. The van der Waals surface area contributed by atoms with Crippen molar-refractivity contribution in [2.24, 2.45) is 5.92 Å². The van der Waals surface area contributed by atoms with Crippen molar-refractivity contribution < 1.29 is 26.8 Å². The highest BCUT2D eigenvalue weighted by atomic mass is 32.2. The van der Waals surface area contributed by atoms with E-state index in [2.05, 4.69) is 10.3 Å². The van der Waals surface area contributed by atoms with Crippen LogP contribution in [0.1, 0.15) is 12.8 Å². The van der Waals surface area contributed by atoms with E-state index < -0.39 is 26.6 Å². The Bertz CT molecular complexity index is 658. The van der Waals surface area contributed by atoms with Gasteiger partial charge in [-0.2, -0.15) is 4.31 Å². The number of hydrogen-bond donors (Lipinski definition) is 1. The minimum Gasteiger partial charge on any atom is -0.277 e. The molecule has 0 atom stereocenters. The number of hydrogen-bond acceptors (Lipinski definition) is 4. The fourth-order valence-corrected chi connectivity index (χ4v) is 3.90. The van der Waals surface area contributed by atoms with E-state index in [0.717, 1.165) is 16.4 Å². The third kappa shape index (κ3) is 3.42. The number of halogens is 2. The lowest BCUT2D eigenvalue weighted by molar-refractivity contribution is -0.136. The Labute approximate surface area is 127 Å². The van der Waals surface area contributed by atoms with E-state index in [-0.39, 0.29) is 37.8 Å². The molecule has 1 aromatic rings. The van der Waals surface area contributed by atoms with E-state index in [4.69, 9.17) is 0 Å². The van der Waals surface area contributed by atoms with Crippen molar-refractivity contribution in [3.63, 3.8) is 0 Å². The molecule has 22 heavy (non-hydrogen) atoms. The Kier molecular flexibility index (Phi) is 5.09. The van der Waals surface area contributed by atoms with Crippen LogP contribution in [0.15, 0.2) is 23.1 Å². The molecule has 6 nitrogen and oxygen atoms in total. The van der Waals surface area contributed by atoms with E-state index in [0.29, 0.717) is 6.07 Å². The average molecular weight is 334 g/mol. The Morgan fingerprint density at radius 3 is 2.55 bits per heavy atom. The van der Waals surface area contributed by atoms with Crippen molar-refractivity contribution in [3.05, 3.63) is 29.8 Å². The lowest BCUT2D eigenvalue weighted by Crippen LogP contribution is -2.43. The fourth-order valence-electron chi connectivity index (χ4n) is 2.36. The summed E-state index contributed by atoms with van der Waals surface area (Å²) in [5.41, 5.74) is 2.20. The minimum absolute atomic E-state index is 0.0556. The van der Waals surface area contributed by atoms with Gasteiger partial charge in [0.1, 0.15) is 16.5 Å². The van der Waals surface area contributed by atoms with Gasteiger partial charge >= 0.3 is 0 Å². The predicted molar refractivity (Wildman–Crippen MR) is 73.0 cm³/mol. The maximum Gasteiger partial charge on any atom is 0.246 e. The molecular formula is C13H16F2N2O4S. The number of sulfonamides is 1. The number of carbonyl (C=O) groups is 1. The molecular weight excluding hydrogens is 318 g/mol. The number of hydroxylamine groups is 1. The SMILES string of the molecule is CONC(=O)C1CCN(S(=O)(=O)c2cc(F)ccc2F)CC1. The van der Waals surface area contributed by atoms with Crippen LogP contribution in [0.3, 0.4) is 0 Å². The number of benzene rings is 1. The maximum absolute atomic E-state index is 13.7. The summed E-state index contributed by atoms with van der Waals surface area (Å²) in [7, 11) is -2.81. The van der Waals surface area contributed by atoms with Gasteiger partial charge < -0.3 is 0 Å². The third-order valence-corrected chi connectivity index (χ3v) is 5.45. The zero-order valence-corrected chi connectivity index (χ0v) is 12.7. The van der Waals surface area contributed by atoms with Crippen LogP contribution in [-0.2, 0) is 19.7 Å². The molecule has 0 aromatic heterocycles. The van der Waals surface area contributed by atoms with Crippen LogP contribution in [-0.4, -0.2) is 38.8 Å². The Morgan fingerprint density at radius 2 is 1.95 bits per heavy atom. The second-order valence-corrected chi connectivity index (χ2v) is 6.83. The summed E-state index contributed by atoms with van der Waals surface area (Å²) in [6.07, 6.45) is 0.566. The number of piperidine rings is 1. The molecule has 1 fully saturated rings. The zero-order chi connectivity index (χ0) is 16.3. The number of rotatable bonds is 4. The quantitative estimate of drug-likeness (QED) is 0.835. The lowest BCUT2D eigenvalue weighted by atomic mass is 9.98. The van der Waals surface area contributed by atoms with E-state index in [9.17, 15) is 22.0 Å². The molecule has 0 aliphatic carbocycles. The number of nitrogens with zero attached hydrogens (tertiary/aromatic N) is 1. The van der Waals surface area contributed by atoms with Crippen molar-refractivity contribution >= 4 is 15.9 Å². The number of carbonyl (C=O) groups excluding carboxylic acids is 1. The van der Waals surface area contributed by atoms with Crippen molar-refractivity contribution in [3.8, 4) is 0 Å². The van der Waals surface area contributed by atoms with Crippen LogP contribution < -0.4 is 5.48 Å². The van der Waals surface area contributed by atoms with Gasteiger partial charge in [0.2, 0.25) is 15.9 Å². The highest BCUT2D eigenvalue weighted by Gasteiger charge is 2.33.